The molecule has 20 heavy (non-hydrogen) atoms. The molecule has 0 saturated heterocycles. The van der Waals surface area contributed by atoms with Gasteiger partial charge in [0.2, 0.25) is 0 Å². The standard InChI is InChI=1S/C15H14FN3O/c1-2-18-12-5-6-19-13(8-12)10-20-15-4-3-11(9-17)7-14(15)16/h3-8H,2,10H2,1H3,(H,18,19). The topological polar surface area (TPSA) is 57.9 Å². The summed E-state index contributed by atoms with van der Waals surface area (Å²) in [6, 6.07) is 9.69. The molecule has 1 aromatic heterocycles. The molecule has 4 nitrogen and oxygen atoms in total. The molecule has 1 heterocycles. The molecular formula is C15H14FN3O. The largest absolute Gasteiger partial charge is 0.484 e. The van der Waals surface area contributed by atoms with E-state index in [-0.39, 0.29) is 17.9 Å². The first-order chi connectivity index (χ1) is 9.72. The lowest BCUT2D eigenvalue weighted by molar-refractivity contribution is 0.286. The van der Waals surface area contributed by atoms with Crippen LogP contribution in [0.15, 0.2) is 36.5 Å². The number of anilines is 1. The first kappa shape index (κ1) is 13.8. The monoisotopic (exact) mass is 271 g/mol. The van der Waals surface area contributed by atoms with E-state index >= 15 is 0 Å². The summed E-state index contributed by atoms with van der Waals surface area (Å²) in [4.78, 5) is 4.16. The Balaban J connectivity index is 2.05. The van der Waals surface area contributed by atoms with Crippen molar-refractivity contribution in [3.63, 3.8) is 0 Å². The second kappa shape index (κ2) is 6.53. The number of pyridine rings is 1. The summed E-state index contributed by atoms with van der Waals surface area (Å²) in [5.74, 6) is -0.438. The summed E-state index contributed by atoms with van der Waals surface area (Å²) in [6.45, 7) is 2.99. The number of hydrogen-bond acceptors (Lipinski definition) is 4. The molecule has 5 heteroatoms. The van der Waals surface area contributed by atoms with Crippen molar-refractivity contribution in [2.45, 2.75) is 13.5 Å². The molecule has 102 valence electrons. The number of benzene rings is 1. The molecule has 0 aliphatic heterocycles. The molecule has 1 aromatic carbocycles. The predicted octanol–water partition coefficient (Wildman–Crippen LogP) is 3.10. The van der Waals surface area contributed by atoms with E-state index in [1.165, 1.54) is 12.1 Å². The van der Waals surface area contributed by atoms with E-state index < -0.39 is 5.82 Å². The number of nitrogens with one attached hydrogen (secondary N) is 1. The van der Waals surface area contributed by atoms with Crippen molar-refractivity contribution in [3.8, 4) is 11.8 Å². The average Bonchev–Trinajstić information content (AvgIpc) is 2.46. The van der Waals surface area contributed by atoms with Crippen LogP contribution in [0, 0.1) is 17.1 Å². The van der Waals surface area contributed by atoms with Crippen molar-refractivity contribution in [3.05, 3.63) is 53.6 Å². The smallest absolute Gasteiger partial charge is 0.166 e. The molecular weight excluding hydrogens is 257 g/mol. The van der Waals surface area contributed by atoms with Gasteiger partial charge in [0, 0.05) is 18.4 Å². The molecule has 0 radical (unpaired) electrons. The Hall–Kier alpha value is -2.61. The highest BCUT2D eigenvalue weighted by molar-refractivity contribution is 5.43. The van der Waals surface area contributed by atoms with E-state index in [4.69, 9.17) is 10.00 Å². The molecule has 0 fully saturated rings. The van der Waals surface area contributed by atoms with E-state index in [0.717, 1.165) is 18.3 Å². The van der Waals surface area contributed by atoms with Gasteiger partial charge in [0.25, 0.3) is 0 Å². The van der Waals surface area contributed by atoms with Crippen molar-refractivity contribution >= 4 is 5.69 Å². The van der Waals surface area contributed by atoms with Crippen molar-refractivity contribution in [1.29, 1.82) is 5.26 Å². The highest BCUT2D eigenvalue weighted by atomic mass is 19.1. The van der Waals surface area contributed by atoms with Crippen LogP contribution in [0.3, 0.4) is 0 Å². The fourth-order valence-corrected chi connectivity index (χ4v) is 1.71. The first-order valence-electron chi connectivity index (χ1n) is 6.24. The second-order valence-corrected chi connectivity index (χ2v) is 4.11. The maximum absolute atomic E-state index is 13.6. The van der Waals surface area contributed by atoms with Gasteiger partial charge in [-0.3, -0.25) is 4.98 Å². The minimum absolute atomic E-state index is 0.111. The van der Waals surface area contributed by atoms with Crippen LogP contribution in [0.5, 0.6) is 5.75 Å². The lowest BCUT2D eigenvalue weighted by Crippen LogP contribution is -2.02. The van der Waals surface area contributed by atoms with Gasteiger partial charge in [0.1, 0.15) is 6.61 Å². The van der Waals surface area contributed by atoms with Gasteiger partial charge >= 0.3 is 0 Å². The third-order valence-corrected chi connectivity index (χ3v) is 2.63. The number of nitrogens with zero attached hydrogens (tertiary/aromatic N) is 2. The van der Waals surface area contributed by atoms with Gasteiger partial charge in [-0.15, -0.1) is 0 Å². The molecule has 0 saturated carbocycles. The van der Waals surface area contributed by atoms with E-state index in [1.54, 1.807) is 6.20 Å². The Morgan fingerprint density at radius 2 is 2.20 bits per heavy atom. The molecule has 0 bridgehead atoms. The number of aromatic nitrogens is 1. The van der Waals surface area contributed by atoms with Crippen molar-refractivity contribution in [2.75, 3.05) is 11.9 Å². The normalized spacial score (nSPS) is 9.85. The van der Waals surface area contributed by atoms with Gasteiger partial charge < -0.3 is 10.1 Å². The zero-order chi connectivity index (χ0) is 14.4. The lowest BCUT2D eigenvalue weighted by atomic mass is 10.2. The van der Waals surface area contributed by atoms with Crippen LogP contribution in [-0.2, 0) is 6.61 Å². The maximum atomic E-state index is 13.6. The summed E-state index contributed by atoms with van der Waals surface area (Å²) in [5, 5.41) is 11.8. The summed E-state index contributed by atoms with van der Waals surface area (Å²) in [6.07, 6.45) is 1.67. The Bertz CT molecular complexity index is 637. The molecule has 0 aliphatic rings. The summed E-state index contributed by atoms with van der Waals surface area (Å²) < 4.78 is 19.0. The molecule has 0 spiro atoms. The Kier molecular flexibility index (Phi) is 4.51. The Morgan fingerprint density at radius 1 is 1.35 bits per heavy atom. The third-order valence-electron chi connectivity index (χ3n) is 2.63. The van der Waals surface area contributed by atoms with Crippen LogP contribution in [0.4, 0.5) is 10.1 Å². The lowest BCUT2D eigenvalue weighted by Gasteiger charge is -2.08. The van der Waals surface area contributed by atoms with Crippen LogP contribution in [-0.4, -0.2) is 11.5 Å². The summed E-state index contributed by atoms with van der Waals surface area (Å²) in [7, 11) is 0. The van der Waals surface area contributed by atoms with E-state index in [1.807, 2.05) is 25.1 Å². The van der Waals surface area contributed by atoms with Crippen LogP contribution >= 0.6 is 0 Å². The number of nitriles is 1. The Labute approximate surface area is 116 Å². The Morgan fingerprint density at radius 3 is 2.90 bits per heavy atom. The zero-order valence-corrected chi connectivity index (χ0v) is 11.1. The molecule has 0 amide bonds. The molecule has 0 atom stereocenters. The molecule has 1 N–H and O–H groups in total. The van der Waals surface area contributed by atoms with Crippen molar-refractivity contribution < 1.29 is 9.13 Å². The predicted molar refractivity (Wildman–Crippen MR) is 73.8 cm³/mol. The third kappa shape index (κ3) is 3.45. The van der Waals surface area contributed by atoms with E-state index in [9.17, 15) is 4.39 Å². The minimum atomic E-state index is -0.549. The number of rotatable bonds is 5. The van der Waals surface area contributed by atoms with Gasteiger partial charge in [0.05, 0.1) is 17.3 Å². The van der Waals surface area contributed by atoms with Crippen molar-refractivity contribution in [2.24, 2.45) is 0 Å². The molecule has 0 unspecified atom stereocenters. The van der Waals surface area contributed by atoms with Gasteiger partial charge in [0.15, 0.2) is 11.6 Å². The average molecular weight is 271 g/mol. The number of hydrogen-bond donors (Lipinski definition) is 1. The fraction of sp³-hybridized carbons (Fsp3) is 0.200. The highest BCUT2D eigenvalue weighted by Crippen LogP contribution is 2.19. The van der Waals surface area contributed by atoms with Gasteiger partial charge in [-0.25, -0.2) is 4.39 Å². The van der Waals surface area contributed by atoms with Crippen LogP contribution in [0.1, 0.15) is 18.2 Å². The van der Waals surface area contributed by atoms with Gasteiger partial charge in [-0.05, 0) is 37.3 Å². The summed E-state index contributed by atoms with van der Waals surface area (Å²) >= 11 is 0. The SMILES string of the molecule is CCNc1ccnc(COc2ccc(C#N)cc2F)c1. The quantitative estimate of drug-likeness (QED) is 0.907. The van der Waals surface area contributed by atoms with Crippen molar-refractivity contribution in [1.82, 2.24) is 4.98 Å². The highest BCUT2D eigenvalue weighted by Gasteiger charge is 2.06. The van der Waals surface area contributed by atoms with E-state index in [2.05, 4.69) is 10.3 Å². The van der Waals surface area contributed by atoms with Crippen LogP contribution in [0.25, 0.3) is 0 Å². The second-order valence-electron chi connectivity index (χ2n) is 4.11. The molecule has 0 aliphatic carbocycles. The first-order valence-corrected chi connectivity index (χ1v) is 6.24. The van der Waals surface area contributed by atoms with Gasteiger partial charge in [-0.2, -0.15) is 5.26 Å². The number of ether oxygens (including phenoxy) is 1. The van der Waals surface area contributed by atoms with Gasteiger partial charge in [-0.1, -0.05) is 0 Å². The van der Waals surface area contributed by atoms with E-state index in [0.29, 0.717) is 5.69 Å². The fourth-order valence-electron chi connectivity index (χ4n) is 1.71. The summed E-state index contributed by atoms with van der Waals surface area (Å²) in [5.41, 5.74) is 1.91. The number of halogens is 1. The minimum Gasteiger partial charge on any atom is -0.484 e. The van der Waals surface area contributed by atoms with Crippen LogP contribution < -0.4 is 10.1 Å². The molecule has 2 aromatic rings. The van der Waals surface area contributed by atoms with Crippen LogP contribution in [0.2, 0.25) is 0 Å². The maximum Gasteiger partial charge on any atom is 0.166 e. The molecule has 2 rings (SSSR count). The zero-order valence-electron chi connectivity index (χ0n) is 11.1.